The van der Waals surface area contributed by atoms with E-state index in [0.717, 1.165) is 6.42 Å². The van der Waals surface area contributed by atoms with E-state index in [2.05, 4.69) is 19.7 Å². The number of aromatic nitrogens is 4. The molecule has 1 atom stereocenters. The molecule has 0 saturated carbocycles. The van der Waals surface area contributed by atoms with Crippen molar-refractivity contribution in [1.29, 1.82) is 0 Å². The van der Waals surface area contributed by atoms with Gasteiger partial charge in [-0.05, 0) is 54.3 Å². The smallest absolute Gasteiger partial charge is 0.330 e. The number of aromatic amines is 2. The highest BCUT2D eigenvalue weighted by Crippen LogP contribution is 2.32. The standard InChI is InChI=1S/C29H26Cl2FN5O4S/c1-2-3-15-37-27-25(28(38)35-29(37)39)33-26(34-27)20(16-18-7-4-5-9-22(18)32)17-11-13-19(14-12-17)36-42(40,41)23-10-6-8-21(30)24(23)31/h4-14,20,36H,2-3,15-16H2,1H3,(H,33,34)(H,35,38,39). The molecule has 9 nitrogen and oxygen atoms in total. The van der Waals surface area contributed by atoms with Crippen molar-refractivity contribution in [2.75, 3.05) is 4.72 Å². The van der Waals surface area contributed by atoms with Crippen LogP contribution in [0, 0.1) is 5.82 Å². The Balaban J connectivity index is 1.55. The minimum Gasteiger partial charge on any atom is -0.336 e. The number of sulfonamides is 1. The van der Waals surface area contributed by atoms with Crippen LogP contribution >= 0.6 is 23.2 Å². The molecule has 0 radical (unpaired) electrons. The van der Waals surface area contributed by atoms with E-state index in [9.17, 15) is 22.4 Å². The number of H-pyrrole nitrogens is 2. The van der Waals surface area contributed by atoms with Gasteiger partial charge in [0.1, 0.15) is 22.1 Å². The monoisotopic (exact) mass is 629 g/mol. The summed E-state index contributed by atoms with van der Waals surface area (Å²) in [7, 11) is -4.05. The van der Waals surface area contributed by atoms with Crippen molar-refractivity contribution in [2.45, 2.75) is 43.5 Å². The lowest BCUT2D eigenvalue weighted by molar-refractivity contribution is 0.597. The number of imidazole rings is 1. The maximum Gasteiger partial charge on any atom is 0.330 e. The maximum atomic E-state index is 14.8. The highest BCUT2D eigenvalue weighted by molar-refractivity contribution is 7.92. The second-order valence-corrected chi connectivity index (χ2v) is 12.1. The average molecular weight is 631 g/mol. The molecule has 1 unspecified atom stereocenters. The van der Waals surface area contributed by atoms with Gasteiger partial charge in [-0.2, -0.15) is 0 Å². The summed E-state index contributed by atoms with van der Waals surface area (Å²) in [6, 6.07) is 17.1. The molecule has 0 bridgehead atoms. The lowest BCUT2D eigenvalue weighted by Gasteiger charge is -2.17. The van der Waals surface area contributed by atoms with Crippen LogP contribution in [0.2, 0.25) is 10.0 Å². The lowest BCUT2D eigenvalue weighted by atomic mass is 9.91. The third kappa shape index (κ3) is 5.99. The molecule has 0 aliphatic heterocycles. The zero-order valence-electron chi connectivity index (χ0n) is 22.3. The molecule has 0 saturated heterocycles. The fourth-order valence-corrected chi connectivity index (χ4v) is 6.51. The van der Waals surface area contributed by atoms with E-state index in [-0.39, 0.29) is 38.2 Å². The van der Waals surface area contributed by atoms with E-state index in [0.29, 0.717) is 29.9 Å². The van der Waals surface area contributed by atoms with E-state index >= 15 is 0 Å². The summed E-state index contributed by atoms with van der Waals surface area (Å²) in [5.41, 5.74) is 0.543. The summed E-state index contributed by atoms with van der Waals surface area (Å²) < 4.78 is 44.6. The number of halogens is 3. The van der Waals surface area contributed by atoms with Gasteiger partial charge in [-0.15, -0.1) is 0 Å². The molecule has 2 aromatic heterocycles. The normalized spacial score (nSPS) is 12.5. The number of hydrogen-bond donors (Lipinski definition) is 3. The van der Waals surface area contributed by atoms with Crippen molar-refractivity contribution < 1.29 is 12.8 Å². The van der Waals surface area contributed by atoms with E-state index in [1.165, 1.54) is 28.8 Å². The van der Waals surface area contributed by atoms with Crippen LogP contribution in [0.3, 0.4) is 0 Å². The van der Waals surface area contributed by atoms with Crippen molar-refractivity contribution >= 4 is 50.1 Å². The SMILES string of the molecule is CCCCn1c(=O)[nH]c(=O)c2[nH]c(C(Cc3ccccc3F)c3ccc(NS(=O)(=O)c4cccc(Cl)c4Cl)cc3)nc21. The van der Waals surface area contributed by atoms with Crippen molar-refractivity contribution in [3.63, 3.8) is 0 Å². The Morgan fingerprint density at radius 3 is 2.45 bits per heavy atom. The predicted molar refractivity (Wildman–Crippen MR) is 162 cm³/mol. The number of nitrogens with one attached hydrogen (secondary N) is 3. The van der Waals surface area contributed by atoms with Gasteiger partial charge in [0.25, 0.3) is 15.6 Å². The Labute approximate surface area is 250 Å². The van der Waals surface area contributed by atoms with Gasteiger partial charge in [-0.3, -0.25) is 19.1 Å². The van der Waals surface area contributed by atoms with Crippen LogP contribution in [0.5, 0.6) is 0 Å². The minimum atomic E-state index is -4.05. The molecule has 0 fully saturated rings. The van der Waals surface area contributed by atoms with Crippen molar-refractivity contribution in [1.82, 2.24) is 19.5 Å². The number of benzene rings is 3. The molecule has 0 aliphatic carbocycles. The first-order chi connectivity index (χ1) is 20.1. The minimum absolute atomic E-state index is 0.0921. The summed E-state index contributed by atoms with van der Waals surface area (Å²) >= 11 is 12.1. The quantitative estimate of drug-likeness (QED) is 0.179. The Bertz CT molecular complexity index is 1990. The van der Waals surface area contributed by atoms with Crippen LogP contribution < -0.4 is 16.0 Å². The Kier molecular flexibility index (Phi) is 8.53. The third-order valence-corrected chi connectivity index (χ3v) is 9.22. The van der Waals surface area contributed by atoms with Crippen LogP contribution in [0.4, 0.5) is 10.1 Å². The van der Waals surface area contributed by atoms with Crippen LogP contribution in [0.15, 0.2) is 81.2 Å². The van der Waals surface area contributed by atoms with Crippen molar-refractivity contribution in [2.24, 2.45) is 0 Å². The second-order valence-electron chi connectivity index (χ2n) is 9.71. The molecule has 0 amide bonds. The van der Waals surface area contributed by atoms with Crippen molar-refractivity contribution in [3.05, 3.63) is 120 Å². The van der Waals surface area contributed by atoms with E-state index in [1.807, 2.05) is 6.92 Å². The fraction of sp³-hybridized carbons (Fsp3) is 0.207. The number of fused-ring (bicyclic) bond motifs is 1. The summed E-state index contributed by atoms with van der Waals surface area (Å²) in [6.07, 6.45) is 1.71. The Morgan fingerprint density at radius 1 is 1.00 bits per heavy atom. The fourth-order valence-electron chi connectivity index (χ4n) is 4.69. The molecule has 3 N–H and O–H groups in total. The highest BCUT2D eigenvalue weighted by Gasteiger charge is 2.24. The first kappa shape index (κ1) is 29.6. The van der Waals surface area contributed by atoms with Gasteiger partial charge in [0.15, 0.2) is 5.65 Å². The van der Waals surface area contributed by atoms with Gasteiger partial charge in [-0.1, -0.05) is 72.9 Å². The molecule has 218 valence electrons. The third-order valence-electron chi connectivity index (χ3n) is 6.87. The molecule has 42 heavy (non-hydrogen) atoms. The molecule has 0 aliphatic rings. The van der Waals surface area contributed by atoms with E-state index in [4.69, 9.17) is 23.2 Å². The largest absolute Gasteiger partial charge is 0.336 e. The average Bonchev–Trinajstić information content (AvgIpc) is 3.40. The molecule has 0 spiro atoms. The van der Waals surface area contributed by atoms with Crippen molar-refractivity contribution in [3.8, 4) is 0 Å². The lowest BCUT2D eigenvalue weighted by Crippen LogP contribution is -2.30. The van der Waals surface area contributed by atoms with Crippen LogP contribution in [-0.2, 0) is 23.0 Å². The summed E-state index contributed by atoms with van der Waals surface area (Å²) in [6.45, 7) is 2.36. The maximum absolute atomic E-state index is 14.8. The zero-order chi connectivity index (χ0) is 30.0. The molecule has 3 aromatic carbocycles. The van der Waals surface area contributed by atoms with E-state index < -0.39 is 33.0 Å². The summed E-state index contributed by atoms with van der Waals surface area (Å²) in [5, 5.41) is 0.0150. The highest BCUT2D eigenvalue weighted by atomic mass is 35.5. The van der Waals surface area contributed by atoms with Gasteiger partial charge in [0.2, 0.25) is 0 Å². The zero-order valence-corrected chi connectivity index (χ0v) is 24.7. The predicted octanol–water partition coefficient (Wildman–Crippen LogP) is 5.83. The molecule has 5 aromatic rings. The first-order valence-corrected chi connectivity index (χ1v) is 15.4. The summed E-state index contributed by atoms with van der Waals surface area (Å²) in [5.74, 6) is -0.621. The second kappa shape index (κ2) is 12.1. The molecule has 2 heterocycles. The van der Waals surface area contributed by atoms with Crippen LogP contribution in [-0.4, -0.2) is 27.9 Å². The van der Waals surface area contributed by atoms with Gasteiger partial charge in [-0.25, -0.2) is 22.6 Å². The number of rotatable bonds is 10. The van der Waals surface area contributed by atoms with Gasteiger partial charge in [0.05, 0.1) is 10.0 Å². The number of aryl methyl sites for hydroxylation is 1. The van der Waals surface area contributed by atoms with Gasteiger partial charge >= 0.3 is 5.69 Å². The number of anilines is 1. The van der Waals surface area contributed by atoms with Crippen LogP contribution in [0.1, 0.15) is 42.6 Å². The number of unbranched alkanes of at least 4 members (excludes halogenated alkanes) is 1. The topological polar surface area (TPSA) is 130 Å². The van der Waals surface area contributed by atoms with E-state index in [1.54, 1.807) is 42.5 Å². The molecular formula is C29H26Cl2FN5O4S. The first-order valence-electron chi connectivity index (χ1n) is 13.1. The molecule has 13 heteroatoms. The Hall–Kier alpha value is -3.93. The van der Waals surface area contributed by atoms with Crippen LogP contribution in [0.25, 0.3) is 11.2 Å². The molecular weight excluding hydrogens is 604 g/mol. The summed E-state index contributed by atoms with van der Waals surface area (Å²) in [4.78, 5) is 35.1. The number of hydrogen-bond acceptors (Lipinski definition) is 5. The van der Waals surface area contributed by atoms with Gasteiger partial charge in [0, 0.05) is 18.2 Å². The Morgan fingerprint density at radius 2 is 1.74 bits per heavy atom. The van der Waals surface area contributed by atoms with Gasteiger partial charge < -0.3 is 4.98 Å². The number of nitrogens with zero attached hydrogens (tertiary/aromatic N) is 2. The molecule has 5 rings (SSSR count).